The lowest BCUT2D eigenvalue weighted by molar-refractivity contribution is -0.111. The Morgan fingerprint density at radius 3 is 2.94 bits per heavy atom. The van der Waals surface area contributed by atoms with Crippen LogP contribution in [0.3, 0.4) is 0 Å². The largest absolute Gasteiger partial charge is 0.493 e. The van der Waals surface area contributed by atoms with Crippen LogP contribution >= 0.6 is 15.9 Å². The summed E-state index contributed by atoms with van der Waals surface area (Å²) in [6.07, 6.45) is 0. The van der Waals surface area contributed by atoms with Crippen LogP contribution in [0.5, 0.6) is 5.75 Å². The lowest BCUT2D eigenvalue weighted by atomic mass is 10.3. The van der Waals surface area contributed by atoms with Gasteiger partial charge >= 0.3 is 0 Å². The number of nitrogens with one attached hydrogen (secondary N) is 1. The van der Waals surface area contributed by atoms with Crippen molar-refractivity contribution in [2.75, 3.05) is 12.0 Å². The normalized spacial score (nSPS) is 10.6. The predicted octanol–water partition coefficient (Wildman–Crippen LogP) is 1.62. The molecule has 0 aliphatic rings. The Kier molecular flexibility index (Phi) is 5.14. The van der Waals surface area contributed by atoms with Crippen molar-refractivity contribution < 1.29 is 9.53 Å². The van der Waals surface area contributed by atoms with Gasteiger partial charge in [0.2, 0.25) is 5.71 Å². The van der Waals surface area contributed by atoms with Gasteiger partial charge in [-0.05, 0) is 35.0 Å². The first-order chi connectivity index (χ1) is 8.58. The van der Waals surface area contributed by atoms with Crippen molar-refractivity contribution in [1.82, 2.24) is 0 Å². The van der Waals surface area contributed by atoms with Gasteiger partial charge in [0.15, 0.2) is 0 Å². The highest BCUT2D eigenvalue weighted by Gasteiger charge is 2.06. The number of hydrogen-bond acceptors (Lipinski definition) is 5. The first kappa shape index (κ1) is 14.0. The maximum absolute atomic E-state index is 10.8. The molecule has 1 rings (SSSR count). The zero-order valence-electron chi connectivity index (χ0n) is 9.61. The van der Waals surface area contributed by atoms with Gasteiger partial charge in [0.25, 0.3) is 5.91 Å². The fourth-order valence-corrected chi connectivity index (χ4v) is 1.46. The number of benzene rings is 1. The monoisotopic (exact) mass is 310 g/mol. The molecule has 7 heteroatoms. The van der Waals surface area contributed by atoms with E-state index < -0.39 is 11.6 Å². The number of anilines is 1. The minimum Gasteiger partial charge on any atom is -0.493 e. The third kappa shape index (κ3) is 3.75. The second-order valence-corrected chi connectivity index (χ2v) is 3.98. The van der Waals surface area contributed by atoms with Gasteiger partial charge in [0.05, 0.1) is 16.8 Å². The van der Waals surface area contributed by atoms with Gasteiger partial charge in [-0.1, -0.05) is 0 Å². The Balaban J connectivity index is 2.89. The molecule has 6 nitrogen and oxygen atoms in total. The molecule has 0 saturated heterocycles. The van der Waals surface area contributed by atoms with Crippen molar-refractivity contribution >= 4 is 33.2 Å². The second-order valence-electron chi connectivity index (χ2n) is 3.13. The summed E-state index contributed by atoms with van der Waals surface area (Å²) in [5, 5.41) is 12.2. The molecule has 0 bridgehead atoms. The van der Waals surface area contributed by atoms with E-state index in [0.717, 1.165) is 4.47 Å². The maximum Gasteiger partial charge on any atom is 0.280 e. The molecule has 1 aromatic carbocycles. The number of halogens is 1. The number of nitrogens with zero attached hydrogens (tertiary/aromatic N) is 2. The van der Waals surface area contributed by atoms with Gasteiger partial charge in [-0.3, -0.25) is 10.2 Å². The summed E-state index contributed by atoms with van der Waals surface area (Å²) in [4.78, 5) is 10.8. The zero-order valence-corrected chi connectivity index (χ0v) is 11.2. The molecule has 0 heterocycles. The molecule has 0 aromatic heterocycles. The Labute approximate surface area is 113 Å². The number of hydrazone groups is 1. The van der Waals surface area contributed by atoms with Crippen LogP contribution < -0.4 is 15.9 Å². The van der Waals surface area contributed by atoms with Gasteiger partial charge in [0, 0.05) is 6.07 Å². The van der Waals surface area contributed by atoms with Crippen molar-refractivity contribution in [2.45, 2.75) is 6.92 Å². The summed E-state index contributed by atoms with van der Waals surface area (Å²) in [5.74, 6) is -0.248. The van der Waals surface area contributed by atoms with Crippen molar-refractivity contribution in [3.63, 3.8) is 0 Å². The molecule has 1 aromatic rings. The number of ether oxygens (including phenoxy) is 1. The molecular formula is C11H11BrN4O2. The lowest BCUT2D eigenvalue weighted by Crippen LogP contribution is -2.22. The maximum atomic E-state index is 10.8. The molecule has 18 heavy (non-hydrogen) atoms. The van der Waals surface area contributed by atoms with Crippen molar-refractivity contribution in [1.29, 1.82) is 5.26 Å². The third-order valence-corrected chi connectivity index (χ3v) is 2.52. The van der Waals surface area contributed by atoms with E-state index in [4.69, 9.17) is 15.7 Å². The first-order valence-corrected chi connectivity index (χ1v) is 5.83. The van der Waals surface area contributed by atoms with Crippen LogP contribution in [0, 0.1) is 11.3 Å². The number of rotatable bonds is 5. The molecule has 3 N–H and O–H groups in total. The Morgan fingerprint density at radius 2 is 2.39 bits per heavy atom. The quantitative estimate of drug-likeness (QED) is 0.637. The van der Waals surface area contributed by atoms with Gasteiger partial charge in [-0.2, -0.15) is 10.4 Å². The van der Waals surface area contributed by atoms with Crippen LogP contribution in [0.25, 0.3) is 0 Å². The van der Waals surface area contributed by atoms with E-state index in [-0.39, 0.29) is 0 Å². The summed E-state index contributed by atoms with van der Waals surface area (Å²) in [6, 6.07) is 6.76. The Hall–Kier alpha value is -2.07. The zero-order chi connectivity index (χ0) is 13.5. The molecule has 0 fully saturated rings. The molecule has 0 saturated carbocycles. The lowest BCUT2D eigenvalue weighted by Gasteiger charge is -2.07. The van der Waals surface area contributed by atoms with Crippen molar-refractivity contribution in [3.05, 3.63) is 22.7 Å². The SMILES string of the molecule is CCOc1cc(NN=C(C#N)C(N)=O)ccc1Br. The number of nitrogens with two attached hydrogens (primary N) is 1. The molecule has 94 valence electrons. The molecular weight excluding hydrogens is 300 g/mol. The van der Waals surface area contributed by atoms with E-state index in [9.17, 15) is 4.79 Å². The molecule has 0 radical (unpaired) electrons. The van der Waals surface area contributed by atoms with Crippen LogP contribution in [0.15, 0.2) is 27.8 Å². The highest BCUT2D eigenvalue weighted by Crippen LogP contribution is 2.28. The molecule has 0 aliphatic carbocycles. The summed E-state index contributed by atoms with van der Waals surface area (Å²) in [6.45, 7) is 2.39. The van der Waals surface area contributed by atoms with Gasteiger partial charge < -0.3 is 10.5 Å². The van der Waals surface area contributed by atoms with Crippen LogP contribution in [-0.4, -0.2) is 18.2 Å². The minimum atomic E-state index is -0.882. The second kappa shape index (κ2) is 6.61. The molecule has 0 unspecified atom stereocenters. The average molecular weight is 311 g/mol. The standard InChI is InChI=1S/C11H11BrN4O2/c1-2-18-10-5-7(3-4-8(10)12)15-16-9(6-13)11(14)17/h3-5,15H,2H2,1H3,(H2,14,17). The summed E-state index contributed by atoms with van der Waals surface area (Å²) >= 11 is 3.33. The van der Waals surface area contributed by atoms with Gasteiger partial charge in [-0.15, -0.1) is 0 Å². The van der Waals surface area contributed by atoms with Gasteiger partial charge in [-0.25, -0.2) is 0 Å². The van der Waals surface area contributed by atoms with E-state index in [1.165, 1.54) is 0 Å². The number of primary amides is 1. The summed E-state index contributed by atoms with van der Waals surface area (Å²) in [7, 11) is 0. The van der Waals surface area contributed by atoms with Crippen molar-refractivity contribution in [2.24, 2.45) is 10.8 Å². The number of carbonyl (C=O) groups is 1. The molecule has 0 atom stereocenters. The number of nitriles is 1. The van der Waals surface area contributed by atoms with E-state index in [1.54, 1.807) is 24.3 Å². The van der Waals surface area contributed by atoms with E-state index in [1.807, 2.05) is 6.92 Å². The van der Waals surface area contributed by atoms with E-state index in [0.29, 0.717) is 18.0 Å². The highest BCUT2D eigenvalue weighted by atomic mass is 79.9. The highest BCUT2D eigenvalue weighted by molar-refractivity contribution is 9.10. The first-order valence-electron chi connectivity index (χ1n) is 5.04. The van der Waals surface area contributed by atoms with Crippen LogP contribution in [0.4, 0.5) is 5.69 Å². The predicted molar refractivity (Wildman–Crippen MR) is 71.2 cm³/mol. The summed E-state index contributed by atoms with van der Waals surface area (Å²) < 4.78 is 6.17. The van der Waals surface area contributed by atoms with Crippen LogP contribution in [-0.2, 0) is 4.79 Å². The fraction of sp³-hybridized carbons (Fsp3) is 0.182. The fourth-order valence-electron chi connectivity index (χ4n) is 1.09. The Bertz CT molecular complexity index is 522. The molecule has 0 aliphatic heterocycles. The number of hydrogen-bond donors (Lipinski definition) is 2. The van der Waals surface area contributed by atoms with Gasteiger partial charge in [0.1, 0.15) is 11.8 Å². The van der Waals surface area contributed by atoms with Crippen LogP contribution in [0.1, 0.15) is 6.92 Å². The third-order valence-electron chi connectivity index (χ3n) is 1.87. The number of carbonyl (C=O) groups excluding carboxylic acids is 1. The topological polar surface area (TPSA) is 100 Å². The minimum absolute atomic E-state index is 0.393. The molecule has 1 amide bonds. The number of amides is 1. The van der Waals surface area contributed by atoms with E-state index in [2.05, 4.69) is 26.5 Å². The molecule has 0 spiro atoms. The average Bonchev–Trinajstić information content (AvgIpc) is 2.33. The van der Waals surface area contributed by atoms with Crippen LogP contribution in [0.2, 0.25) is 0 Å². The Morgan fingerprint density at radius 1 is 1.67 bits per heavy atom. The smallest absolute Gasteiger partial charge is 0.280 e. The van der Waals surface area contributed by atoms with Crippen molar-refractivity contribution in [3.8, 4) is 11.8 Å². The summed E-state index contributed by atoms with van der Waals surface area (Å²) in [5.41, 5.74) is 7.70. The van der Waals surface area contributed by atoms with E-state index >= 15 is 0 Å².